The van der Waals surface area contributed by atoms with E-state index in [0.29, 0.717) is 28.2 Å². The molecular weight excluding hydrogens is 374 g/mol. The fraction of sp³-hybridized carbons (Fsp3) is 0.632. The molecule has 26 heavy (non-hydrogen) atoms. The van der Waals surface area contributed by atoms with E-state index in [1.54, 1.807) is 18.2 Å². The van der Waals surface area contributed by atoms with Crippen LogP contribution in [0.2, 0.25) is 5.02 Å². The normalized spacial score (nSPS) is 24.7. The van der Waals surface area contributed by atoms with Gasteiger partial charge in [-0.05, 0) is 43.4 Å². The fourth-order valence-electron chi connectivity index (χ4n) is 3.45. The first-order chi connectivity index (χ1) is 12.2. The Hall–Kier alpha value is -1.27. The second-order valence-electron chi connectivity index (χ2n) is 7.29. The first-order valence-corrected chi connectivity index (χ1v) is 11.1. The Morgan fingerprint density at radius 1 is 1.35 bits per heavy atom. The molecule has 4 unspecified atom stereocenters. The van der Waals surface area contributed by atoms with Crippen LogP contribution in [0.25, 0.3) is 0 Å². The summed E-state index contributed by atoms with van der Waals surface area (Å²) in [5.74, 6) is 0.589. The molecule has 0 spiro atoms. The lowest BCUT2D eigenvalue weighted by Crippen LogP contribution is -2.48. The molecule has 1 aromatic carbocycles. The van der Waals surface area contributed by atoms with Gasteiger partial charge in [0.25, 0.3) is 0 Å². The summed E-state index contributed by atoms with van der Waals surface area (Å²) in [6.45, 7) is 5.73. The number of amides is 1. The topological polar surface area (TPSA) is 72.5 Å². The van der Waals surface area contributed by atoms with E-state index in [-0.39, 0.29) is 11.8 Å². The number of benzene rings is 1. The van der Waals surface area contributed by atoms with E-state index in [9.17, 15) is 13.2 Å². The average Bonchev–Trinajstić information content (AvgIpc) is 2.58. The Kier molecular flexibility index (Phi) is 6.97. The van der Waals surface area contributed by atoms with E-state index in [4.69, 9.17) is 16.3 Å². The van der Waals surface area contributed by atoms with Crippen LogP contribution in [0.15, 0.2) is 18.2 Å². The monoisotopic (exact) mass is 401 g/mol. The second kappa shape index (κ2) is 8.61. The first-order valence-electron chi connectivity index (χ1n) is 9.00. The third-order valence-corrected chi connectivity index (χ3v) is 7.78. The van der Waals surface area contributed by atoms with Crippen molar-refractivity contribution in [3.63, 3.8) is 0 Å². The molecule has 0 radical (unpaired) electrons. The fourth-order valence-corrected chi connectivity index (χ4v) is 4.95. The molecule has 7 heteroatoms. The van der Waals surface area contributed by atoms with E-state index in [1.165, 1.54) is 14.0 Å². The van der Waals surface area contributed by atoms with Gasteiger partial charge in [-0.25, -0.2) is 8.42 Å². The first kappa shape index (κ1) is 21.0. The number of rotatable bonds is 6. The summed E-state index contributed by atoms with van der Waals surface area (Å²) in [6, 6.07) is 4.86. The van der Waals surface area contributed by atoms with Crippen LogP contribution in [-0.4, -0.2) is 32.7 Å². The van der Waals surface area contributed by atoms with Crippen molar-refractivity contribution < 1.29 is 17.9 Å². The number of carbonyl (C=O) groups is 1. The summed E-state index contributed by atoms with van der Waals surface area (Å²) in [7, 11) is -2.22. The van der Waals surface area contributed by atoms with E-state index >= 15 is 0 Å². The number of halogens is 1. The molecule has 0 aliphatic heterocycles. The Morgan fingerprint density at radius 3 is 2.69 bits per heavy atom. The molecule has 1 saturated carbocycles. The highest BCUT2D eigenvalue weighted by Gasteiger charge is 2.33. The van der Waals surface area contributed by atoms with E-state index < -0.39 is 21.0 Å². The maximum absolute atomic E-state index is 12.7. The molecule has 0 bridgehead atoms. The van der Waals surface area contributed by atoms with Gasteiger partial charge in [0.15, 0.2) is 9.84 Å². The van der Waals surface area contributed by atoms with Crippen molar-refractivity contribution >= 4 is 27.3 Å². The molecule has 2 rings (SSSR count). The van der Waals surface area contributed by atoms with Crippen LogP contribution in [0.3, 0.4) is 0 Å². The number of methoxy groups -OCH3 is 1. The standard InChI is InChI=1S/C19H28ClNO4S/c1-12-6-5-7-17(13(12)2)21-19(22)14(3)26(23,24)11-15-10-16(20)8-9-18(15)25-4/h8-10,12-14,17H,5-7,11H2,1-4H3,(H,21,22). The molecule has 5 nitrogen and oxygen atoms in total. The molecule has 0 heterocycles. The smallest absolute Gasteiger partial charge is 0.238 e. The van der Waals surface area contributed by atoms with E-state index in [0.717, 1.165) is 19.3 Å². The van der Waals surface area contributed by atoms with Crippen molar-refractivity contribution in [2.75, 3.05) is 7.11 Å². The predicted molar refractivity (Wildman–Crippen MR) is 104 cm³/mol. The highest BCUT2D eigenvalue weighted by atomic mass is 35.5. The highest BCUT2D eigenvalue weighted by molar-refractivity contribution is 7.92. The number of carbonyl (C=O) groups excluding carboxylic acids is 1. The van der Waals surface area contributed by atoms with Gasteiger partial charge < -0.3 is 10.1 Å². The van der Waals surface area contributed by atoms with Crippen LogP contribution in [0.4, 0.5) is 0 Å². The summed E-state index contributed by atoms with van der Waals surface area (Å²) >= 11 is 5.97. The van der Waals surface area contributed by atoms with Crippen LogP contribution < -0.4 is 10.1 Å². The maximum atomic E-state index is 12.7. The largest absolute Gasteiger partial charge is 0.496 e. The summed E-state index contributed by atoms with van der Waals surface area (Å²) in [5, 5.41) is 2.26. The van der Waals surface area contributed by atoms with Crippen LogP contribution in [0, 0.1) is 11.8 Å². The molecule has 1 N–H and O–H groups in total. The molecule has 146 valence electrons. The van der Waals surface area contributed by atoms with Gasteiger partial charge in [-0.3, -0.25) is 4.79 Å². The minimum atomic E-state index is -3.69. The average molecular weight is 402 g/mol. The number of nitrogens with one attached hydrogen (secondary N) is 1. The Balaban J connectivity index is 2.10. The maximum Gasteiger partial charge on any atom is 0.238 e. The SMILES string of the molecule is COc1ccc(Cl)cc1CS(=O)(=O)C(C)C(=O)NC1CCCC(C)C1C. The zero-order chi connectivity index (χ0) is 19.5. The number of hydrogen-bond donors (Lipinski definition) is 1. The summed E-state index contributed by atoms with van der Waals surface area (Å²) in [5.41, 5.74) is 0.458. The predicted octanol–water partition coefficient (Wildman–Crippen LogP) is 3.59. The molecule has 1 aliphatic carbocycles. The van der Waals surface area contributed by atoms with Gasteiger partial charge >= 0.3 is 0 Å². The van der Waals surface area contributed by atoms with Crippen LogP contribution in [0.1, 0.15) is 45.6 Å². The van der Waals surface area contributed by atoms with Gasteiger partial charge in [-0.15, -0.1) is 0 Å². The highest BCUT2D eigenvalue weighted by Crippen LogP contribution is 2.30. The lowest BCUT2D eigenvalue weighted by Gasteiger charge is -2.35. The van der Waals surface area contributed by atoms with Crippen molar-refractivity contribution in [1.82, 2.24) is 5.32 Å². The number of ether oxygens (including phenoxy) is 1. The molecular formula is C19H28ClNO4S. The molecule has 1 amide bonds. The lowest BCUT2D eigenvalue weighted by atomic mass is 9.78. The zero-order valence-electron chi connectivity index (χ0n) is 15.8. The molecule has 0 aromatic heterocycles. The molecule has 1 aliphatic rings. The van der Waals surface area contributed by atoms with Gasteiger partial charge in [0.1, 0.15) is 11.0 Å². The van der Waals surface area contributed by atoms with Crippen LogP contribution in [0.5, 0.6) is 5.75 Å². The third kappa shape index (κ3) is 4.92. The van der Waals surface area contributed by atoms with Gasteiger partial charge in [-0.2, -0.15) is 0 Å². The molecule has 0 saturated heterocycles. The van der Waals surface area contributed by atoms with Crippen molar-refractivity contribution in [2.45, 2.75) is 57.1 Å². The zero-order valence-corrected chi connectivity index (χ0v) is 17.4. The third-order valence-electron chi connectivity index (χ3n) is 5.54. The van der Waals surface area contributed by atoms with E-state index in [2.05, 4.69) is 19.2 Å². The van der Waals surface area contributed by atoms with Crippen molar-refractivity contribution in [1.29, 1.82) is 0 Å². The number of hydrogen-bond acceptors (Lipinski definition) is 4. The van der Waals surface area contributed by atoms with Crippen molar-refractivity contribution in [3.8, 4) is 5.75 Å². The lowest BCUT2D eigenvalue weighted by molar-refractivity contribution is -0.121. The molecule has 1 aromatic rings. The van der Waals surface area contributed by atoms with Gasteiger partial charge in [0, 0.05) is 16.6 Å². The molecule has 1 fully saturated rings. The summed E-state index contributed by atoms with van der Waals surface area (Å²) in [6.07, 6.45) is 3.10. The Bertz CT molecular complexity index is 750. The summed E-state index contributed by atoms with van der Waals surface area (Å²) in [4.78, 5) is 12.6. The summed E-state index contributed by atoms with van der Waals surface area (Å²) < 4.78 is 30.7. The Labute approximate surface area is 161 Å². The Morgan fingerprint density at radius 2 is 2.04 bits per heavy atom. The van der Waals surface area contributed by atoms with Gasteiger partial charge in [-0.1, -0.05) is 38.3 Å². The van der Waals surface area contributed by atoms with Gasteiger partial charge in [0.05, 0.1) is 12.9 Å². The van der Waals surface area contributed by atoms with Crippen molar-refractivity contribution in [3.05, 3.63) is 28.8 Å². The van der Waals surface area contributed by atoms with Crippen molar-refractivity contribution in [2.24, 2.45) is 11.8 Å². The minimum absolute atomic E-state index is 0.0320. The van der Waals surface area contributed by atoms with Gasteiger partial charge in [0.2, 0.25) is 5.91 Å². The van der Waals surface area contributed by atoms with E-state index in [1.807, 2.05) is 0 Å². The minimum Gasteiger partial charge on any atom is -0.496 e. The van der Waals surface area contributed by atoms with Crippen LogP contribution >= 0.6 is 11.6 Å². The number of sulfone groups is 1. The molecule has 4 atom stereocenters. The quantitative estimate of drug-likeness (QED) is 0.790. The second-order valence-corrected chi connectivity index (χ2v) is 10.0. The van der Waals surface area contributed by atoms with Crippen LogP contribution in [-0.2, 0) is 20.4 Å².